The molecule has 1 amide bonds. The number of halogens is 2. The van der Waals surface area contributed by atoms with Crippen molar-refractivity contribution >= 4 is 38.6 Å². The second kappa shape index (κ2) is 4.11. The van der Waals surface area contributed by atoms with Crippen LogP contribution in [0.15, 0.2) is 22.7 Å². The standard InChI is InChI=1S/C9H9BrClNO/c1-6-3-4-8(7(10)5-6)12(2)9(11)13/h3-5H,1-2H3. The van der Waals surface area contributed by atoms with Gasteiger partial charge < -0.3 is 4.90 Å². The Hall–Kier alpha value is -0.540. The molecule has 0 atom stereocenters. The summed E-state index contributed by atoms with van der Waals surface area (Å²) in [5.74, 6) is 0. The maximum Gasteiger partial charge on any atom is 0.320 e. The minimum Gasteiger partial charge on any atom is -0.301 e. The fourth-order valence-corrected chi connectivity index (χ4v) is 1.83. The van der Waals surface area contributed by atoms with Gasteiger partial charge in [0.15, 0.2) is 0 Å². The number of carbonyl (C=O) groups excluding carboxylic acids is 1. The third-order valence-corrected chi connectivity index (χ3v) is 2.62. The number of aryl methyl sites for hydroxylation is 1. The van der Waals surface area contributed by atoms with E-state index >= 15 is 0 Å². The SMILES string of the molecule is Cc1ccc(N(C)C(=O)Cl)c(Br)c1. The van der Waals surface area contributed by atoms with Gasteiger partial charge in [0, 0.05) is 11.5 Å². The van der Waals surface area contributed by atoms with Crippen LogP contribution in [0.25, 0.3) is 0 Å². The Kier molecular flexibility index (Phi) is 3.33. The van der Waals surface area contributed by atoms with Gasteiger partial charge in [-0.2, -0.15) is 0 Å². The van der Waals surface area contributed by atoms with Crippen LogP contribution >= 0.6 is 27.5 Å². The second-order valence-electron chi connectivity index (χ2n) is 2.77. The van der Waals surface area contributed by atoms with Gasteiger partial charge in [0.2, 0.25) is 0 Å². The minimum absolute atomic E-state index is 0.496. The van der Waals surface area contributed by atoms with Gasteiger partial charge in [-0.3, -0.25) is 4.79 Å². The molecule has 4 heteroatoms. The lowest BCUT2D eigenvalue weighted by Gasteiger charge is -2.15. The summed E-state index contributed by atoms with van der Waals surface area (Å²) in [5, 5.41) is -0.496. The molecule has 0 heterocycles. The van der Waals surface area contributed by atoms with Gasteiger partial charge in [-0.15, -0.1) is 0 Å². The first kappa shape index (κ1) is 10.5. The molecule has 0 aliphatic carbocycles. The molecule has 0 aliphatic heterocycles. The molecule has 0 aromatic heterocycles. The number of benzene rings is 1. The monoisotopic (exact) mass is 261 g/mol. The van der Waals surface area contributed by atoms with E-state index in [2.05, 4.69) is 15.9 Å². The Morgan fingerprint density at radius 2 is 2.15 bits per heavy atom. The molecular formula is C9H9BrClNO. The van der Waals surface area contributed by atoms with E-state index in [1.807, 2.05) is 25.1 Å². The highest BCUT2D eigenvalue weighted by molar-refractivity contribution is 9.10. The summed E-state index contributed by atoms with van der Waals surface area (Å²) in [7, 11) is 1.63. The zero-order valence-electron chi connectivity index (χ0n) is 7.34. The fraction of sp³-hybridized carbons (Fsp3) is 0.222. The summed E-state index contributed by atoms with van der Waals surface area (Å²) >= 11 is 8.70. The predicted molar refractivity (Wildman–Crippen MR) is 58.5 cm³/mol. The summed E-state index contributed by atoms with van der Waals surface area (Å²) in [6, 6.07) is 5.71. The van der Waals surface area contributed by atoms with Gasteiger partial charge >= 0.3 is 5.37 Å². The highest BCUT2D eigenvalue weighted by Gasteiger charge is 2.10. The topological polar surface area (TPSA) is 20.3 Å². The predicted octanol–water partition coefficient (Wildman–Crippen LogP) is 3.55. The van der Waals surface area contributed by atoms with Gasteiger partial charge in [0.25, 0.3) is 0 Å². The van der Waals surface area contributed by atoms with Crippen molar-refractivity contribution < 1.29 is 4.79 Å². The van der Waals surface area contributed by atoms with Gasteiger partial charge in [-0.25, -0.2) is 0 Å². The van der Waals surface area contributed by atoms with Crippen molar-refractivity contribution in [1.82, 2.24) is 0 Å². The molecule has 0 spiro atoms. The molecule has 1 aromatic carbocycles. The zero-order chi connectivity index (χ0) is 10.0. The average molecular weight is 263 g/mol. The molecule has 0 saturated heterocycles. The van der Waals surface area contributed by atoms with Crippen LogP contribution in [0.5, 0.6) is 0 Å². The van der Waals surface area contributed by atoms with E-state index in [0.717, 1.165) is 15.7 Å². The van der Waals surface area contributed by atoms with E-state index in [4.69, 9.17) is 11.6 Å². The van der Waals surface area contributed by atoms with E-state index in [1.165, 1.54) is 4.90 Å². The molecule has 13 heavy (non-hydrogen) atoms. The molecule has 0 radical (unpaired) electrons. The van der Waals surface area contributed by atoms with E-state index in [9.17, 15) is 4.79 Å². The summed E-state index contributed by atoms with van der Waals surface area (Å²) in [5.41, 5.74) is 1.90. The van der Waals surface area contributed by atoms with Crippen LogP contribution in [0, 0.1) is 6.92 Å². The lowest BCUT2D eigenvalue weighted by molar-refractivity contribution is 0.265. The molecule has 0 aliphatic rings. The maximum absolute atomic E-state index is 10.9. The summed E-state index contributed by atoms with van der Waals surface area (Å²) in [6.45, 7) is 1.98. The Balaban J connectivity index is 3.08. The van der Waals surface area contributed by atoms with Crippen LogP contribution in [-0.2, 0) is 0 Å². The van der Waals surface area contributed by atoms with Crippen LogP contribution in [0.4, 0.5) is 10.5 Å². The van der Waals surface area contributed by atoms with E-state index in [-0.39, 0.29) is 0 Å². The molecule has 0 N–H and O–H groups in total. The normalized spacial score (nSPS) is 9.85. The summed E-state index contributed by atoms with van der Waals surface area (Å²) in [4.78, 5) is 12.2. The van der Waals surface area contributed by atoms with Crippen LogP contribution < -0.4 is 4.90 Å². The van der Waals surface area contributed by atoms with Gasteiger partial charge in [-0.05, 0) is 52.2 Å². The second-order valence-corrected chi connectivity index (χ2v) is 3.94. The molecule has 2 nitrogen and oxygen atoms in total. The zero-order valence-corrected chi connectivity index (χ0v) is 9.69. The summed E-state index contributed by atoms with van der Waals surface area (Å²) in [6.07, 6.45) is 0. The Morgan fingerprint density at radius 3 is 2.62 bits per heavy atom. The molecule has 0 bridgehead atoms. The number of hydrogen-bond donors (Lipinski definition) is 0. The van der Waals surface area contributed by atoms with Gasteiger partial charge in [-0.1, -0.05) is 6.07 Å². The van der Waals surface area contributed by atoms with Crippen molar-refractivity contribution in [3.05, 3.63) is 28.2 Å². The van der Waals surface area contributed by atoms with E-state index < -0.39 is 5.37 Å². The molecular weight excluding hydrogens is 253 g/mol. The average Bonchev–Trinajstić information content (AvgIpc) is 2.03. The number of nitrogens with zero attached hydrogens (tertiary/aromatic N) is 1. The lowest BCUT2D eigenvalue weighted by Crippen LogP contribution is -2.19. The smallest absolute Gasteiger partial charge is 0.301 e. The number of carbonyl (C=O) groups is 1. The Bertz CT molecular complexity index is 340. The maximum atomic E-state index is 10.9. The number of hydrogen-bond acceptors (Lipinski definition) is 1. The van der Waals surface area contributed by atoms with Crippen LogP contribution in [0.1, 0.15) is 5.56 Å². The lowest BCUT2D eigenvalue weighted by atomic mass is 10.2. The van der Waals surface area contributed by atoms with Crippen molar-refractivity contribution in [3.63, 3.8) is 0 Å². The van der Waals surface area contributed by atoms with Crippen LogP contribution in [0.3, 0.4) is 0 Å². The molecule has 1 rings (SSSR count). The quantitative estimate of drug-likeness (QED) is 0.560. The largest absolute Gasteiger partial charge is 0.320 e. The first-order valence-electron chi connectivity index (χ1n) is 3.71. The van der Waals surface area contributed by atoms with E-state index in [1.54, 1.807) is 7.05 Å². The first-order valence-corrected chi connectivity index (χ1v) is 4.89. The number of anilines is 1. The number of rotatable bonds is 1. The molecule has 70 valence electrons. The fourth-order valence-electron chi connectivity index (χ4n) is 0.979. The Morgan fingerprint density at radius 1 is 1.54 bits per heavy atom. The third-order valence-electron chi connectivity index (χ3n) is 1.73. The molecule has 0 unspecified atom stereocenters. The highest BCUT2D eigenvalue weighted by Crippen LogP contribution is 2.26. The van der Waals surface area contributed by atoms with Crippen molar-refractivity contribution in [2.24, 2.45) is 0 Å². The first-order chi connectivity index (χ1) is 6.02. The molecule has 0 fully saturated rings. The van der Waals surface area contributed by atoms with Gasteiger partial charge in [0.05, 0.1) is 5.69 Å². The summed E-state index contributed by atoms with van der Waals surface area (Å²) < 4.78 is 0.865. The van der Waals surface area contributed by atoms with Crippen molar-refractivity contribution in [3.8, 4) is 0 Å². The molecule has 0 saturated carbocycles. The number of amides is 1. The van der Waals surface area contributed by atoms with Crippen LogP contribution in [-0.4, -0.2) is 12.4 Å². The minimum atomic E-state index is -0.496. The molecule has 1 aromatic rings. The van der Waals surface area contributed by atoms with Crippen LogP contribution in [0.2, 0.25) is 0 Å². The van der Waals surface area contributed by atoms with Crippen molar-refractivity contribution in [1.29, 1.82) is 0 Å². The Labute approximate surface area is 90.6 Å². The van der Waals surface area contributed by atoms with Crippen molar-refractivity contribution in [2.45, 2.75) is 6.92 Å². The van der Waals surface area contributed by atoms with E-state index in [0.29, 0.717) is 0 Å². The van der Waals surface area contributed by atoms with Gasteiger partial charge in [0.1, 0.15) is 0 Å². The highest BCUT2D eigenvalue weighted by atomic mass is 79.9. The third kappa shape index (κ3) is 2.45. The van der Waals surface area contributed by atoms with Crippen molar-refractivity contribution in [2.75, 3.05) is 11.9 Å².